The fourth-order valence-electron chi connectivity index (χ4n) is 3.61. The van der Waals surface area contributed by atoms with Gasteiger partial charge in [-0.3, -0.25) is 0 Å². The van der Waals surface area contributed by atoms with Crippen molar-refractivity contribution in [3.8, 4) is 0 Å². The molecular formula is C15H22N2. The zero-order valence-corrected chi connectivity index (χ0v) is 10.4. The standard InChI is InChI=1S/C15H22N2/c16-11-13-6-3-9-15(13)17-10-4-7-12-5-1-2-8-14(12)17/h1-2,5,8,13,15H,3-4,6-7,9-11,16H2. The van der Waals surface area contributed by atoms with Crippen LogP contribution in [0.1, 0.15) is 31.2 Å². The van der Waals surface area contributed by atoms with Crippen molar-refractivity contribution < 1.29 is 0 Å². The van der Waals surface area contributed by atoms with Crippen molar-refractivity contribution in [3.63, 3.8) is 0 Å². The number of nitrogens with zero attached hydrogens (tertiary/aromatic N) is 1. The fraction of sp³-hybridized carbons (Fsp3) is 0.600. The third-order valence-corrected chi connectivity index (χ3v) is 4.47. The number of hydrogen-bond donors (Lipinski definition) is 1. The van der Waals surface area contributed by atoms with Gasteiger partial charge in [0.1, 0.15) is 0 Å². The number of nitrogens with two attached hydrogens (primary N) is 1. The summed E-state index contributed by atoms with van der Waals surface area (Å²) in [5.74, 6) is 0.709. The van der Waals surface area contributed by atoms with Crippen molar-refractivity contribution in [1.82, 2.24) is 0 Å². The molecule has 2 aliphatic rings. The van der Waals surface area contributed by atoms with Crippen LogP contribution in [-0.4, -0.2) is 19.1 Å². The van der Waals surface area contributed by atoms with E-state index in [1.165, 1.54) is 49.9 Å². The number of hydrogen-bond acceptors (Lipinski definition) is 2. The van der Waals surface area contributed by atoms with Crippen LogP contribution in [0, 0.1) is 5.92 Å². The SMILES string of the molecule is NCC1CCCC1N1CCCc2ccccc21. The number of fused-ring (bicyclic) bond motifs is 1. The van der Waals surface area contributed by atoms with Crippen molar-refractivity contribution in [2.75, 3.05) is 18.0 Å². The van der Waals surface area contributed by atoms with Crippen molar-refractivity contribution in [1.29, 1.82) is 0 Å². The van der Waals surface area contributed by atoms with Gasteiger partial charge in [0.15, 0.2) is 0 Å². The zero-order valence-electron chi connectivity index (χ0n) is 10.4. The molecule has 2 N–H and O–H groups in total. The maximum Gasteiger partial charge on any atom is 0.0401 e. The second kappa shape index (κ2) is 4.69. The number of anilines is 1. The monoisotopic (exact) mass is 230 g/mol. The lowest BCUT2D eigenvalue weighted by Crippen LogP contribution is -2.43. The van der Waals surface area contributed by atoms with Crippen LogP contribution in [0.4, 0.5) is 5.69 Å². The van der Waals surface area contributed by atoms with Crippen molar-refractivity contribution in [2.24, 2.45) is 11.7 Å². The molecule has 1 fully saturated rings. The van der Waals surface area contributed by atoms with Crippen molar-refractivity contribution in [2.45, 2.75) is 38.1 Å². The predicted octanol–water partition coefficient (Wildman–Crippen LogP) is 2.57. The Morgan fingerprint density at radius 1 is 1.18 bits per heavy atom. The summed E-state index contributed by atoms with van der Waals surface area (Å²) in [5, 5.41) is 0. The van der Waals surface area contributed by atoms with Crippen LogP contribution in [0.3, 0.4) is 0 Å². The van der Waals surface area contributed by atoms with Crippen molar-refractivity contribution >= 4 is 5.69 Å². The summed E-state index contributed by atoms with van der Waals surface area (Å²) in [4.78, 5) is 2.64. The van der Waals surface area contributed by atoms with E-state index in [1.54, 1.807) is 0 Å². The first-order valence-corrected chi connectivity index (χ1v) is 6.95. The summed E-state index contributed by atoms with van der Waals surface area (Å²) >= 11 is 0. The Hall–Kier alpha value is -1.02. The largest absolute Gasteiger partial charge is 0.368 e. The Kier molecular flexibility index (Phi) is 3.06. The second-order valence-corrected chi connectivity index (χ2v) is 5.42. The maximum atomic E-state index is 5.92. The summed E-state index contributed by atoms with van der Waals surface area (Å²) in [6, 6.07) is 9.61. The number of rotatable bonds is 2. The van der Waals surface area contributed by atoms with E-state index in [1.807, 2.05) is 0 Å². The van der Waals surface area contributed by atoms with Crippen molar-refractivity contribution in [3.05, 3.63) is 29.8 Å². The molecule has 0 spiro atoms. The van der Waals surface area contributed by atoms with Crippen LogP contribution in [0.15, 0.2) is 24.3 Å². The Labute approximate surface area is 104 Å². The van der Waals surface area contributed by atoms with E-state index >= 15 is 0 Å². The highest BCUT2D eigenvalue weighted by atomic mass is 15.2. The topological polar surface area (TPSA) is 29.3 Å². The molecule has 2 atom stereocenters. The van der Waals surface area contributed by atoms with Crippen LogP contribution >= 0.6 is 0 Å². The lowest BCUT2D eigenvalue weighted by atomic mass is 9.95. The molecule has 17 heavy (non-hydrogen) atoms. The molecule has 1 aromatic rings. The minimum Gasteiger partial charge on any atom is -0.368 e. The minimum absolute atomic E-state index is 0.696. The summed E-state index contributed by atoms with van der Waals surface area (Å²) in [6.07, 6.45) is 6.54. The third kappa shape index (κ3) is 1.95. The molecule has 2 heteroatoms. The first-order chi connectivity index (χ1) is 8.40. The smallest absolute Gasteiger partial charge is 0.0401 e. The first kappa shape index (κ1) is 11.1. The van der Waals surface area contributed by atoms with Gasteiger partial charge in [-0.1, -0.05) is 24.6 Å². The lowest BCUT2D eigenvalue weighted by molar-refractivity contribution is 0.447. The Morgan fingerprint density at radius 2 is 2.06 bits per heavy atom. The van der Waals surface area contributed by atoms with Gasteiger partial charge >= 0.3 is 0 Å². The summed E-state index contributed by atoms with van der Waals surface area (Å²) in [5.41, 5.74) is 8.93. The molecule has 1 aliphatic heterocycles. The molecular weight excluding hydrogens is 208 g/mol. The number of para-hydroxylation sites is 1. The van der Waals surface area contributed by atoms with Crippen LogP contribution in [0.25, 0.3) is 0 Å². The summed E-state index contributed by atoms with van der Waals surface area (Å²) in [6.45, 7) is 2.07. The van der Waals surface area contributed by atoms with Crippen LogP contribution < -0.4 is 10.6 Å². The van der Waals surface area contributed by atoms with E-state index < -0.39 is 0 Å². The molecule has 2 unspecified atom stereocenters. The molecule has 0 radical (unpaired) electrons. The predicted molar refractivity (Wildman–Crippen MR) is 72.3 cm³/mol. The van der Waals surface area contributed by atoms with Gasteiger partial charge in [-0.25, -0.2) is 0 Å². The van der Waals surface area contributed by atoms with Gasteiger partial charge in [0.2, 0.25) is 0 Å². The van der Waals surface area contributed by atoms with Gasteiger partial charge in [-0.2, -0.15) is 0 Å². The quantitative estimate of drug-likeness (QED) is 0.846. The highest BCUT2D eigenvalue weighted by molar-refractivity contribution is 5.56. The van der Waals surface area contributed by atoms with E-state index in [0.29, 0.717) is 12.0 Å². The van der Waals surface area contributed by atoms with E-state index in [4.69, 9.17) is 5.73 Å². The molecule has 1 saturated carbocycles. The molecule has 0 saturated heterocycles. The van der Waals surface area contributed by atoms with E-state index in [2.05, 4.69) is 29.2 Å². The maximum absolute atomic E-state index is 5.92. The van der Waals surface area contributed by atoms with Gasteiger partial charge in [-0.05, 0) is 49.8 Å². The average Bonchev–Trinajstić information content (AvgIpc) is 2.86. The summed E-state index contributed by atoms with van der Waals surface area (Å²) < 4.78 is 0. The Bertz CT molecular complexity index is 388. The Balaban J connectivity index is 1.89. The number of benzene rings is 1. The molecule has 92 valence electrons. The van der Waals surface area contributed by atoms with Gasteiger partial charge in [0, 0.05) is 18.3 Å². The second-order valence-electron chi connectivity index (χ2n) is 5.42. The fourth-order valence-corrected chi connectivity index (χ4v) is 3.61. The third-order valence-electron chi connectivity index (χ3n) is 4.47. The molecule has 1 aliphatic carbocycles. The minimum atomic E-state index is 0.696. The Morgan fingerprint density at radius 3 is 2.94 bits per heavy atom. The van der Waals surface area contributed by atoms with Crippen LogP contribution in [-0.2, 0) is 6.42 Å². The summed E-state index contributed by atoms with van der Waals surface area (Å²) in [7, 11) is 0. The highest BCUT2D eigenvalue weighted by Crippen LogP contribution is 2.36. The molecule has 0 bridgehead atoms. The molecule has 0 amide bonds. The number of aryl methyl sites for hydroxylation is 1. The van der Waals surface area contributed by atoms with Crippen LogP contribution in [0.5, 0.6) is 0 Å². The van der Waals surface area contributed by atoms with E-state index in [0.717, 1.165) is 6.54 Å². The average molecular weight is 230 g/mol. The van der Waals surface area contributed by atoms with E-state index in [9.17, 15) is 0 Å². The van der Waals surface area contributed by atoms with Gasteiger partial charge in [0.05, 0.1) is 0 Å². The lowest BCUT2D eigenvalue weighted by Gasteiger charge is -2.38. The molecule has 3 rings (SSSR count). The highest BCUT2D eigenvalue weighted by Gasteiger charge is 2.33. The van der Waals surface area contributed by atoms with Gasteiger partial charge in [0.25, 0.3) is 0 Å². The molecule has 1 heterocycles. The molecule has 0 aromatic heterocycles. The van der Waals surface area contributed by atoms with Gasteiger partial charge < -0.3 is 10.6 Å². The zero-order chi connectivity index (χ0) is 11.7. The van der Waals surface area contributed by atoms with Crippen LogP contribution in [0.2, 0.25) is 0 Å². The van der Waals surface area contributed by atoms with E-state index in [-0.39, 0.29) is 0 Å². The first-order valence-electron chi connectivity index (χ1n) is 6.95. The van der Waals surface area contributed by atoms with Gasteiger partial charge in [-0.15, -0.1) is 0 Å². The molecule has 2 nitrogen and oxygen atoms in total. The normalized spacial score (nSPS) is 28.2. The molecule has 1 aromatic carbocycles.